The van der Waals surface area contributed by atoms with E-state index in [9.17, 15) is 4.79 Å². The van der Waals surface area contributed by atoms with Gasteiger partial charge in [-0.05, 0) is 17.7 Å². The van der Waals surface area contributed by atoms with Crippen molar-refractivity contribution in [3.63, 3.8) is 0 Å². The number of hydrogen-bond donors (Lipinski definition) is 1. The van der Waals surface area contributed by atoms with E-state index < -0.39 is 5.97 Å². The summed E-state index contributed by atoms with van der Waals surface area (Å²) in [5.41, 5.74) is 1.10. The maximum Gasteiger partial charge on any atom is 0.371 e. The second-order valence-electron chi connectivity index (χ2n) is 3.52. The van der Waals surface area contributed by atoms with Crippen molar-refractivity contribution in [1.82, 2.24) is 0 Å². The summed E-state index contributed by atoms with van der Waals surface area (Å²) in [4.78, 5) is 10.6. The summed E-state index contributed by atoms with van der Waals surface area (Å²) in [6.07, 6.45) is 0. The minimum absolute atomic E-state index is 0.0550. The highest BCUT2D eigenvalue weighted by Crippen LogP contribution is 2.21. The highest BCUT2D eigenvalue weighted by atomic mass is 32.2. The predicted molar refractivity (Wildman–Crippen MR) is 67.6 cm³/mol. The molecule has 0 bridgehead atoms. The van der Waals surface area contributed by atoms with Gasteiger partial charge in [-0.15, -0.1) is 0 Å². The topological polar surface area (TPSA) is 59.7 Å². The number of rotatable bonds is 6. The van der Waals surface area contributed by atoms with Crippen LogP contribution >= 0.6 is 11.8 Å². The number of carbonyl (C=O) groups is 1. The van der Waals surface area contributed by atoms with E-state index in [1.807, 2.05) is 30.3 Å². The Morgan fingerprint density at radius 2 is 2.00 bits per heavy atom. The van der Waals surface area contributed by atoms with Crippen molar-refractivity contribution in [3.8, 4) is 0 Å². The van der Waals surface area contributed by atoms with Gasteiger partial charge in [0, 0.05) is 0 Å². The first-order valence-electron chi connectivity index (χ1n) is 5.33. The lowest BCUT2D eigenvalue weighted by Gasteiger charge is -2.02. The summed E-state index contributed by atoms with van der Waals surface area (Å²) in [5.74, 6) is -0.700. The third kappa shape index (κ3) is 3.65. The molecular formula is C13H12O4S. The third-order valence-electron chi connectivity index (χ3n) is 2.19. The second-order valence-corrected chi connectivity index (χ2v) is 4.45. The van der Waals surface area contributed by atoms with E-state index in [1.54, 1.807) is 6.07 Å². The molecule has 5 heteroatoms. The summed E-state index contributed by atoms with van der Waals surface area (Å²) in [6, 6.07) is 12.9. The van der Waals surface area contributed by atoms with Crippen molar-refractivity contribution in [1.29, 1.82) is 0 Å². The monoisotopic (exact) mass is 264 g/mol. The zero-order valence-electron chi connectivity index (χ0n) is 9.54. The molecule has 0 spiro atoms. The van der Waals surface area contributed by atoms with Crippen molar-refractivity contribution in [2.75, 3.05) is 5.94 Å². The highest BCUT2D eigenvalue weighted by molar-refractivity contribution is 7.99. The fourth-order valence-electron chi connectivity index (χ4n) is 1.35. The van der Waals surface area contributed by atoms with E-state index in [-0.39, 0.29) is 5.76 Å². The van der Waals surface area contributed by atoms with Gasteiger partial charge in [0.1, 0.15) is 5.94 Å². The van der Waals surface area contributed by atoms with Gasteiger partial charge in [0.25, 0.3) is 0 Å². The molecule has 18 heavy (non-hydrogen) atoms. The van der Waals surface area contributed by atoms with Gasteiger partial charge < -0.3 is 14.3 Å². The molecule has 0 saturated heterocycles. The van der Waals surface area contributed by atoms with Crippen LogP contribution in [0.25, 0.3) is 0 Å². The number of benzene rings is 1. The van der Waals surface area contributed by atoms with Gasteiger partial charge in [-0.25, -0.2) is 4.79 Å². The Labute approximate surface area is 109 Å². The molecule has 2 rings (SSSR count). The van der Waals surface area contributed by atoms with E-state index in [2.05, 4.69) is 0 Å². The zero-order valence-corrected chi connectivity index (χ0v) is 10.4. The van der Waals surface area contributed by atoms with E-state index in [0.29, 0.717) is 17.6 Å². The average Bonchev–Trinajstić information content (AvgIpc) is 2.85. The van der Waals surface area contributed by atoms with E-state index in [1.165, 1.54) is 17.8 Å². The first-order valence-corrected chi connectivity index (χ1v) is 6.32. The van der Waals surface area contributed by atoms with Crippen LogP contribution in [0.15, 0.2) is 52.0 Å². The first-order chi connectivity index (χ1) is 8.75. The van der Waals surface area contributed by atoms with Crippen LogP contribution in [0.1, 0.15) is 16.1 Å². The van der Waals surface area contributed by atoms with Crippen molar-refractivity contribution < 1.29 is 19.1 Å². The number of aromatic carboxylic acids is 1. The Bertz CT molecular complexity index is 507. The quantitative estimate of drug-likeness (QED) is 0.493. The standard InChI is InChI=1S/C13H12O4S/c14-13(15)11-6-7-12(17-11)18-9-16-8-10-4-2-1-3-5-10/h1-7H,8-9H2,(H,14,15). The Kier molecular flexibility index (Phi) is 4.44. The molecule has 2 aromatic rings. The second kappa shape index (κ2) is 6.28. The largest absolute Gasteiger partial charge is 0.475 e. The van der Waals surface area contributed by atoms with Crippen molar-refractivity contribution in [2.24, 2.45) is 0 Å². The molecular weight excluding hydrogens is 252 g/mol. The summed E-state index contributed by atoms with van der Waals surface area (Å²) in [5, 5.41) is 9.23. The van der Waals surface area contributed by atoms with Gasteiger partial charge >= 0.3 is 5.97 Å². The number of thioether (sulfide) groups is 1. The Balaban J connectivity index is 1.73. The van der Waals surface area contributed by atoms with Gasteiger partial charge in [0.15, 0.2) is 5.09 Å². The van der Waals surface area contributed by atoms with Gasteiger partial charge in [-0.3, -0.25) is 0 Å². The molecule has 0 aliphatic rings. The molecule has 0 saturated carbocycles. The van der Waals surface area contributed by atoms with Gasteiger partial charge in [0.05, 0.1) is 6.61 Å². The number of carboxylic acid groups (broad SMARTS) is 1. The highest BCUT2D eigenvalue weighted by Gasteiger charge is 2.08. The molecule has 0 aliphatic heterocycles. The van der Waals surface area contributed by atoms with Crippen molar-refractivity contribution in [3.05, 3.63) is 53.8 Å². The molecule has 0 fully saturated rings. The molecule has 0 atom stereocenters. The summed E-state index contributed by atoms with van der Waals surface area (Å²) in [6.45, 7) is 0.528. The Morgan fingerprint density at radius 3 is 2.67 bits per heavy atom. The fourth-order valence-corrected chi connectivity index (χ4v) is 1.94. The minimum atomic E-state index is -1.06. The number of carboxylic acids is 1. The molecule has 94 valence electrons. The summed E-state index contributed by atoms with van der Waals surface area (Å²) in [7, 11) is 0. The van der Waals surface area contributed by atoms with Crippen LogP contribution in [0.2, 0.25) is 0 Å². The summed E-state index contributed by atoms with van der Waals surface area (Å²) < 4.78 is 10.5. The molecule has 0 radical (unpaired) electrons. The number of ether oxygens (including phenoxy) is 1. The Morgan fingerprint density at radius 1 is 1.22 bits per heavy atom. The van der Waals surface area contributed by atoms with Crippen LogP contribution in [0.5, 0.6) is 0 Å². The van der Waals surface area contributed by atoms with Gasteiger partial charge in [0.2, 0.25) is 5.76 Å². The lowest BCUT2D eigenvalue weighted by atomic mass is 10.2. The fraction of sp³-hybridized carbons (Fsp3) is 0.154. The Hall–Kier alpha value is -1.72. The van der Waals surface area contributed by atoms with Crippen LogP contribution in [-0.2, 0) is 11.3 Å². The number of furan rings is 1. The SMILES string of the molecule is O=C(O)c1ccc(SCOCc2ccccc2)o1. The van der Waals surface area contributed by atoms with E-state index in [4.69, 9.17) is 14.3 Å². The first kappa shape index (κ1) is 12.7. The molecule has 1 aromatic carbocycles. The molecule has 1 heterocycles. The molecule has 0 amide bonds. The number of hydrogen-bond acceptors (Lipinski definition) is 4. The maximum atomic E-state index is 10.6. The smallest absolute Gasteiger partial charge is 0.371 e. The summed E-state index contributed by atoms with van der Waals surface area (Å²) >= 11 is 1.33. The predicted octanol–water partition coefficient (Wildman–Crippen LogP) is 3.24. The average molecular weight is 264 g/mol. The van der Waals surface area contributed by atoms with Crippen LogP contribution in [0, 0.1) is 0 Å². The molecule has 0 aliphatic carbocycles. The van der Waals surface area contributed by atoms with Crippen LogP contribution in [0.4, 0.5) is 0 Å². The van der Waals surface area contributed by atoms with E-state index in [0.717, 1.165) is 5.56 Å². The van der Waals surface area contributed by atoms with Crippen LogP contribution in [-0.4, -0.2) is 17.0 Å². The zero-order chi connectivity index (χ0) is 12.8. The lowest BCUT2D eigenvalue weighted by molar-refractivity contribution is 0.0656. The van der Waals surface area contributed by atoms with E-state index >= 15 is 0 Å². The maximum absolute atomic E-state index is 10.6. The van der Waals surface area contributed by atoms with Gasteiger partial charge in [-0.1, -0.05) is 42.1 Å². The van der Waals surface area contributed by atoms with Crippen LogP contribution < -0.4 is 0 Å². The molecule has 0 unspecified atom stereocenters. The van der Waals surface area contributed by atoms with Crippen molar-refractivity contribution >= 4 is 17.7 Å². The third-order valence-corrected chi connectivity index (χ3v) is 2.98. The van der Waals surface area contributed by atoms with Crippen LogP contribution in [0.3, 0.4) is 0 Å². The van der Waals surface area contributed by atoms with Crippen molar-refractivity contribution in [2.45, 2.75) is 11.7 Å². The molecule has 4 nitrogen and oxygen atoms in total. The minimum Gasteiger partial charge on any atom is -0.475 e. The molecule has 1 N–H and O–H groups in total. The van der Waals surface area contributed by atoms with Gasteiger partial charge in [-0.2, -0.15) is 0 Å². The normalized spacial score (nSPS) is 10.4. The lowest BCUT2D eigenvalue weighted by Crippen LogP contribution is -1.92. The molecule has 1 aromatic heterocycles.